The van der Waals surface area contributed by atoms with Crippen LogP contribution in [0.2, 0.25) is 0 Å². The van der Waals surface area contributed by atoms with Crippen molar-refractivity contribution in [2.75, 3.05) is 6.61 Å². The van der Waals surface area contributed by atoms with Crippen molar-refractivity contribution in [2.45, 2.75) is 69.2 Å². The quantitative estimate of drug-likeness (QED) is 0.278. The second-order valence-electron chi connectivity index (χ2n) is 12.3. The summed E-state index contributed by atoms with van der Waals surface area (Å²) in [7, 11) is 0. The zero-order valence-electron chi connectivity index (χ0n) is 22.8. The summed E-state index contributed by atoms with van der Waals surface area (Å²) in [6, 6.07) is 9.74. The number of H-pyrrole nitrogens is 1. The number of carbonyl (C=O) groups is 2. The molecule has 0 aliphatic heterocycles. The Kier molecular flexibility index (Phi) is 7.27. The number of alkyl carbamates (subject to hydrolysis) is 1. The lowest BCUT2D eigenvalue weighted by molar-refractivity contribution is -0.130. The molecule has 2 aromatic heterocycles. The number of ether oxygens (including phenoxy) is 1. The van der Waals surface area contributed by atoms with Gasteiger partial charge in [-0.1, -0.05) is 30.3 Å². The van der Waals surface area contributed by atoms with E-state index in [4.69, 9.17) is 4.74 Å². The van der Waals surface area contributed by atoms with E-state index in [0.29, 0.717) is 17.4 Å². The summed E-state index contributed by atoms with van der Waals surface area (Å²) in [6.07, 6.45) is 9.27. The minimum Gasteiger partial charge on any atom is -0.446 e. The second kappa shape index (κ2) is 10.9. The minimum absolute atomic E-state index is 0.123. The Bertz CT molecular complexity index is 1330. The van der Waals surface area contributed by atoms with Crippen LogP contribution in [-0.4, -0.2) is 56.5 Å². The number of aromatic nitrogens is 2. The van der Waals surface area contributed by atoms with Crippen LogP contribution in [0.3, 0.4) is 0 Å². The molecule has 0 saturated heterocycles. The molecule has 9 nitrogen and oxygen atoms in total. The van der Waals surface area contributed by atoms with Gasteiger partial charge in [0.15, 0.2) is 0 Å². The van der Waals surface area contributed by atoms with E-state index in [1.54, 1.807) is 43.6 Å². The fourth-order valence-corrected chi connectivity index (χ4v) is 7.61. The molecule has 2 amide bonds. The van der Waals surface area contributed by atoms with Gasteiger partial charge in [0.05, 0.1) is 12.6 Å². The van der Waals surface area contributed by atoms with Crippen molar-refractivity contribution in [1.82, 2.24) is 20.6 Å². The van der Waals surface area contributed by atoms with Gasteiger partial charge in [0, 0.05) is 35.9 Å². The molecule has 2 heterocycles. The van der Waals surface area contributed by atoms with E-state index in [-0.39, 0.29) is 12.5 Å². The maximum absolute atomic E-state index is 13.9. The van der Waals surface area contributed by atoms with Crippen molar-refractivity contribution in [3.63, 3.8) is 0 Å². The number of pyridine rings is 1. The van der Waals surface area contributed by atoms with Crippen LogP contribution >= 0.6 is 0 Å². The van der Waals surface area contributed by atoms with Gasteiger partial charge in [-0.3, -0.25) is 9.78 Å². The van der Waals surface area contributed by atoms with Gasteiger partial charge in [0.2, 0.25) is 5.91 Å². The topological polar surface area (TPSA) is 137 Å². The molecule has 4 saturated carbocycles. The first kappa shape index (κ1) is 26.8. The highest BCUT2D eigenvalue weighted by Crippen LogP contribution is 2.54. The van der Waals surface area contributed by atoms with Crippen LogP contribution in [0, 0.1) is 23.7 Å². The molecule has 4 aliphatic carbocycles. The fourth-order valence-electron chi connectivity index (χ4n) is 7.61. The minimum atomic E-state index is -1.43. The Labute approximate surface area is 233 Å². The highest BCUT2D eigenvalue weighted by atomic mass is 16.6. The zero-order chi connectivity index (χ0) is 27.9. The molecule has 0 spiro atoms. The third-order valence-electron chi connectivity index (χ3n) is 9.41. The van der Waals surface area contributed by atoms with Crippen LogP contribution in [0.1, 0.15) is 56.3 Å². The highest BCUT2D eigenvalue weighted by molar-refractivity contribution is 5.91. The Balaban J connectivity index is 1.22. The lowest BCUT2D eigenvalue weighted by Crippen LogP contribution is -2.61. The summed E-state index contributed by atoms with van der Waals surface area (Å²) in [5.41, 5.74) is 0.814. The Morgan fingerprint density at radius 3 is 2.48 bits per heavy atom. The van der Waals surface area contributed by atoms with Crippen molar-refractivity contribution in [1.29, 1.82) is 0 Å². The summed E-state index contributed by atoms with van der Waals surface area (Å²) in [5.74, 6) is 1.76. The monoisotopic (exact) mass is 546 g/mol. The first-order chi connectivity index (χ1) is 19.3. The number of nitrogens with one attached hydrogen (secondary N) is 3. The molecule has 3 aromatic rings. The van der Waals surface area contributed by atoms with E-state index in [0.717, 1.165) is 54.0 Å². The number of rotatable bonds is 9. The number of hydrogen-bond acceptors (Lipinski definition) is 6. The maximum Gasteiger partial charge on any atom is 0.408 e. The molecule has 1 aromatic carbocycles. The Morgan fingerprint density at radius 1 is 1.10 bits per heavy atom. The van der Waals surface area contributed by atoms with Crippen molar-refractivity contribution in [3.8, 4) is 0 Å². The SMILES string of the molecule is C[C@@](Cc1c[nH]c2ccncc12)(NC(=O)OC1C2CC3CC(C2)CC1C3)C(=O)N[C@@H](CO)C(O)c1ccccc1. The van der Waals surface area contributed by atoms with Crippen LogP contribution < -0.4 is 10.6 Å². The predicted octanol–water partition coefficient (Wildman–Crippen LogP) is 3.63. The maximum atomic E-state index is 13.9. The van der Waals surface area contributed by atoms with Gasteiger partial charge in [-0.25, -0.2) is 4.79 Å². The summed E-state index contributed by atoms with van der Waals surface area (Å²) >= 11 is 0. The molecule has 5 N–H and O–H groups in total. The predicted molar refractivity (Wildman–Crippen MR) is 149 cm³/mol. The molecule has 9 heteroatoms. The van der Waals surface area contributed by atoms with Crippen molar-refractivity contribution >= 4 is 22.9 Å². The van der Waals surface area contributed by atoms with E-state index in [1.807, 2.05) is 18.3 Å². The number of fused-ring (bicyclic) bond motifs is 1. The fraction of sp³-hybridized carbons (Fsp3) is 0.516. The largest absolute Gasteiger partial charge is 0.446 e. The first-order valence-electron chi connectivity index (χ1n) is 14.4. The van der Waals surface area contributed by atoms with Crippen LogP contribution in [0.5, 0.6) is 0 Å². The average molecular weight is 547 g/mol. The van der Waals surface area contributed by atoms with Gasteiger partial charge in [-0.05, 0) is 79.9 Å². The molecule has 1 unspecified atom stereocenters. The standard InChI is InChI=1S/C31H38N4O5/c1-31(14-23-15-33-25-7-8-32-16-24(23)25,29(38)34-26(17-36)27(37)20-5-3-2-4-6-20)35-30(39)40-28-21-10-18-9-19(12-21)13-22(28)11-18/h2-8,15-16,18-19,21-22,26-28,33,36-37H,9-14,17H2,1H3,(H,34,38)(H,35,39)/t18?,19?,21?,22?,26-,27?,28?,31-/m0/s1. The van der Waals surface area contributed by atoms with E-state index < -0.39 is 36.3 Å². The summed E-state index contributed by atoms with van der Waals surface area (Å²) in [6.45, 7) is 1.17. The second-order valence-corrected chi connectivity index (χ2v) is 12.3. The van der Waals surface area contributed by atoms with E-state index >= 15 is 0 Å². The lowest BCUT2D eigenvalue weighted by Gasteiger charge is -2.53. The number of aromatic amines is 1. The van der Waals surface area contributed by atoms with Gasteiger partial charge in [0.1, 0.15) is 17.7 Å². The summed E-state index contributed by atoms with van der Waals surface area (Å²) in [5, 5.41) is 27.5. The molecule has 4 fully saturated rings. The van der Waals surface area contributed by atoms with Gasteiger partial charge < -0.3 is 30.6 Å². The van der Waals surface area contributed by atoms with Crippen molar-refractivity contribution in [3.05, 3.63) is 66.1 Å². The van der Waals surface area contributed by atoms with E-state index in [9.17, 15) is 19.8 Å². The van der Waals surface area contributed by atoms with Crippen LogP contribution in [-0.2, 0) is 16.0 Å². The molecular formula is C31H38N4O5. The normalized spacial score (nSPS) is 28.0. The smallest absolute Gasteiger partial charge is 0.408 e. The molecule has 40 heavy (non-hydrogen) atoms. The van der Waals surface area contributed by atoms with Crippen molar-refractivity contribution in [2.24, 2.45) is 23.7 Å². The molecule has 7 rings (SSSR count). The average Bonchev–Trinajstić information content (AvgIpc) is 3.35. The van der Waals surface area contributed by atoms with Gasteiger partial charge >= 0.3 is 6.09 Å². The third kappa shape index (κ3) is 5.20. The van der Waals surface area contributed by atoms with Gasteiger partial charge in [-0.15, -0.1) is 0 Å². The number of amides is 2. The van der Waals surface area contributed by atoms with Gasteiger partial charge in [0.25, 0.3) is 0 Å². The summed E-state index contributed by atoms with van der Waals surface area (Å²) < 4.78 is 6.08. The third-order valence-corrected chi connectivity index (χ3v) is 9.41. The molecule has 3 atom stereocenters. The van der Waals surface area contributed by atoms with E-state index in [1.165, 1.54) is 6.42 Å². The highest BCUT2D eigenvalue weighted by Gasteiger charge is 2.50. The van der Waals surface area contributed by atoms with Crippen LogP contribution in [0.15, 0.2) is 55.0 Å². The molecule has 4 bridgehead atoms. The zero-order valence-corrected chi connectivity index (χ0v) is 22.8. The Morgan fingerprint density at radius 2 is 1.80 bits per heavy atom. The number of hydrogen-bond donors (Lipinski definition) is 5. The molecule has 212 valence electrons. The Hall–Kier alpha value is -3.43. The molecule has 4 aliphatic rings. The number of carbonyl (C=O) groups excluding carboxylic acids is 2. The lowest BCUT2D eigenvalue weighted by atomic mass is 9.55. The van der Waals surface area contributed by atoms with Gasteiger partial charge in [-0.2, -0.15) is 0 Å². The number of aliphatic hydroxyl groups is 2. The number of benzene rings is 1. The van der Waals surface area contributed by atoms with E-state index in [2.05, 4.69) is 20.6 Å². The molecular weight excluding hydrogens is 508 g/mol. The van der Waals surface area contributed by atoms with Crippen molar-refractivity contribution < 1.29 is 24.5 Å². The number of nitrogens with zero attached hydrogens (tertiary/aromatic N) is 1. The summed E-state index contributed by atoms with van der Waals surface area (Å²) in [4.78, 5) is 34.7. The molecule has 0 radical (unpaired) electrons. The number of aliphatic hydroxyl groups excluding tert-OH is 2. The van der Waals surface area contributed by atoms with Crippen LogP contribution in [0.4, 0.5) is 4.79 Å². The first-order valence-corrected chi connectivity index (χ1v) is 14.4. The van der Waals surface area contributed by atoms with Crippen LogP contribution in [0.25, 0.3) is 10.9 Å².